The number of nitrogens with zero attached hydrogens (tertiary/aromatic N) is 1. The first-order valence-electron chi connectivity index (χ1n) is 9.67. The minimum Gasteiger partial charge on any atom is -0.497 e. The molecule has 2 rings (SSSR count). The maximum absolute atomic E-state index is 12.8. The Labute approximate surface area is 201 Å². The fraction of sp³-hybridized carbons (Fsp3) is 0.304. The summed E-state index contributed by atoms with van der Waals surface area (Å²) in [6.07, 6.45) is 0.781. The molecule has 0 aliphatic heterocycles. The van der Waals surface area contributed by atoms with Crippen molar-refractivity contribution in [1.29, 1.82) is 0 Å². The summed E-state index contributed by atoms with van der Waals surface area (Å²) >= 11 is 9.41. The number of nitrogens with one attached hydrogen (secondary N) is 1. The molecule has 0 radical (unpaired) electrons. The highest BCUT2D eigenvalue weighted by atomic mass is 79.9. The quantitative estimate of drug-likeness (QED) is 0.289. The Bertz CT molecular complexity index is 987. The van der Waals surface area contributed by atoms with Crippen molar-refractivity contribution >= 4 is 45.2 Å². The molecule has 0 saturated heterocycles. The van der Waals surface area contributed by atoms with Gasteiger partial charge in [-0.05, 0) is 56.7 Å². The zero-order valence-electron chi connectivity index (χ0n) is 18.6. The van der Waals surface area contributed by atoms with E-state index in [-0.39, 0.29) is 12.1 Å². The summed E-state index contributed by atoms with van der Waals surface area (Å²) < 4.78 is 16.4. The molecule has 2 aromatic rings. The van der Waals surface area contributed by atoms with Gasteiger partial charge in [0.2, 0.25) is 0 Å². The lowest BCUT2D eigenvalue weighted by Crippen LogP contribution is -2.43. The maximum atomic E-state index is 12.8. The third-order valence-electron chi connectivity index (χ3n) is 4.10. The third-order valence-corrected chi connectivity index (χ3v) is 5.05. The second-order valence-electron chi connectivity index (χ2n) is 7.72. The van der Waals surface area contributed by atoms with Crippen molar-refractivity contribution in [2.75, 3.05) is 14.2 Å². The number of halogens is 2. The number of carbonyl (C=O) groups excluding carboxylic acids is 2. The van der Waals surface area contributed by atoms with E-state index in [1.807, 2.05) is 0 Å². The van der Waals surface area contributed by atoms with Crippen molar-refractivity contribution in [3.8, 4) is 5.75 Å². The Morgan fingerprint density at radius 3 is 2.34 bits per heavy atom. The summed E-state index contributed by atoms with van der Waals surface area (Å²) in [5, 5.41) is 1.84. The minimum atomic E-state index is -0.707. The molecule has 0 fully saturated rings. The van der Waals surface area contributed by atoms with Crippen LogP contribution in [0, 0.1) is 0 Å². The van der Waals surface area contributed by atoms with Crippen molar-refractivity contribution in [2.24, 2.45) is 0 Å². The van der Waals surface area contributed by atoms with Gasteiger partial charge in [-0.25, -0.2) is 14.6 Å². The van der Waals surface area contributed by atoms with Gasteiger partial charge in [0.25, 0.3) is 0 Å². The zero-order chi connectivity index (χ0) is 23.9. The Kier molecular flexibility index (Phi) is 8.98. The van der Waals surface area contributed by atoms with E-state index in [1.54, 1.807) is 63.2 Å². The topological polar surface area (TPSA) is 77.1 Å². The average molecular weight is 526 g/mol. The van der Waals surface area contributed by atoms with Crippen molar-refractivity contribution in [2.45, 2.75) is 32.9 Å². The second kappa shape index (κ2) is 11.2. The molecule has 0 atom stereocenters. The molecule has 0 heterocycles. The van der Waals surface area contributed by atoms with Gasteiger partial charge in [0.15, 0.2) is 0 Å². The lowest BCUT2D eigenvalue weighted by Gasteiger charge is -2.27. The number of esters is 1. The van der Waals surface area contributed by atoms with Crippen molar-refractivity contribution in [3.05, 3.63) is 69.3 Å². The van der Waals surface area contributed by atoms with E-state index in [4.69, 9.17) is 25.8 Å². The second-order valence-corrected chi connectivity index (χ2v) is 9.01. The first-order chi connectivity index (χ1) is 15.0. The number of hydrazine groups is 1. The van der Waals surface area contributed by atoms with Gasteiger partial charge in [0.1, 0.15) is 11.4 Å². The Morgan fingerprint density at radius 1 is 1.12 bits per heavy atom. The number of benzene rings is 2. The van der Waals surface area contributed by atoms with E-state index >= 15 is 0 Å². The summed E-state index contributed by atoms with van der Waals surface area (Å²) in [6.45, 7) is 5.48. The van der Waals surface area contributed by atoms with Crippen molar-refractivity contribution < 1.29 is 23.8 Å². The molecule has 0 spiro atoms. The first-order valence-corrected chi connectivity index (χ1v) is 10.8. The van der Waals surface area contributed by atoms with Gasteiger partial charge in [-0.1, -0.05) is 39.7 Å². The highest BCUT2D eigenvalue weighted by Gasteiger charge is 2.23. The fourth-order valence-corrected chi connectivity index (χ4v) is 3.18. The largest absolute Gasteiger partial charge is 0.497 e. The van der Waals surface area contributed by atoms with Crippen LogP contribution in [0.4, 0.5) is 4.79 Å². The van der Waals surface area contributed by atoms with Crippen LogP contribution in [-0.4, -0.2) is 36.9 Å². The number of rotatable bonds is 7. The van der Waals surface area contributed by atoms with Gasteiger partial charge < -0.3 is 14.2 Å². The van der Waals surface area contributed by atoms with Gasteiger partial charge in [-0.3, -0.25) is 5.43 Å². The summed E-state index contributed by atoms with van der Waals surface area (Å²) in [5.74, 6) is -0.0368. The normalized spacial score (nSPS) is 11.5. The maximum Gasteiger partial charge on any atom is 0.429 e. The molecule has 1 N–H and O–H groups in total. The SMILES string of the molecule is COC(=O)/C(=C/NN(Cc1ccc(Cl)cc1)C(=O)OC(C)(C)C)c1cc(OC)ccc1Br. The first kappa shape index (κ1) is 25.5. The van der Waals surface area contributed by atoms with Crippen LogP contribution < -0.4 is 10.2 Å². The monoisotopic (exact) mass is 524 g/mol. The van der Waals surface area contributed by atoms with Crippen molar-refractivity contribution in [3.63, 3.8) is 0 Å². The van der Waals surface area contributed by atoms with Crippen LogP contribution >= 0.6 is 27.5 Å². The van der Waals surface area contributed by atoms with E-state index < -0.39 is 17.7 Å². The third kappa shape index (κ3) is 7.46. The minimum absolute atomic E-state index is 0.163. The van der Waals surface area contributed by atoms with Crippen molar-refractivity contribution in [1.82, 2.24) is 10.4 Å². The highest BCUT2D eigenvalue weighted by Crippen LogP contribution is 2.29. The van der Waals surface area contributed by atoms with Gasteiger partial charge in [0, 0.05) is 21.3 Å². The van der Waals surface area contributed by atoms with Gasteiger partial charge in [0.05, 0.1) is 26.3 Å². The molecule has 0 saturated carbocycles. The standard InChI is InChI=1S/C23H26BrClN2O5/c1-23(2,3)32-22(29)27(14-15-6-8-16(25)9-7-15)26-13-19(21(28)31-5)18-12-17(30-4)10-11-20(18)24/h6-13,26H,14H2,1-5H3/b19-13+. The summed E-state index contributed by atoms with van der Waals surface area (Å²) in [6, 6.07) is 12.2. The van der Waals surface area contributed by atoms with Gasteiger partial charge in [-0.15, -0.1) is 0 Å². The predicted octanol–water partition coefficient (Wildman–Crippen LogP) is 5.57. The van der Waals surface area contributed by atoms with Gasteiger partial charge in [-0.2, -0.15) is 0 Å². The summed E-state index contributed by atoms with van der Waals surface area (Å²) in [5.41, 5.74) is 3.70. The molecule has 0 aliphatic rings. The number of methoxy groups -OCH3 is 2. The molecule has 1 amide bonds. The van der Waals surface area contributed by atoms with Crippen LogP contribution in [0.25, 0.3) is 5.57 Å². The fourth-order valence-electron chi connectivity index (χ4n) is 2.59. The zero-order valence-corrected chi connectivity index (χ0v) is 20.9. The average Bonchev–Trinajstić information content (AvgIpc) is 2.73. The molecule has 0 unspecified atom stereocenters. The van der Waals surface area contributed by atoms with E-state index in [9.17, 15) is 9.59 Å². The number of hydrogen-bond donors (Lipinski definition) is 1. The molecular formula is C23H26BrClN2O5. The Hall–Kier alpha value is -2.71. The van der Waals surface area contributed by atoms with E-state index in [0.29, 0.717) is 20.8 Å². The van der Waals surface area contributed by atoms with Crippen LogP contribution in [0.15, 0.2) is 53.1 Å². The van der Waals surface area contributed by atoms with Crippen LogP contribution in [0.5, 0.6) is 5.75 Å². The summed E-state index contributed by atoms with van der Waals surface area (Å²) in [7, 11) is 2.81. The van der Waals surface area contributed by atoms with E-state index in [1.165, 1.54) is 25.4 Å². The molecule has 2 aromatic carbocycles. The number of amides is 1. The lowest BCUT2D eigenvalue weighted by molar-refractivity contribution is -0.133. The Morgan fingerprint density at radius 2 is 1.78 bits per heavy atom. The molecule has 0 bridgehead atoms. The predicted molar refractivity (Wildman–Crippen MR) is 127 cm³/mol. The molecule has 0 aromatic heterocycles. The number of hydrogen-bond acceptors (Lipinski definition) is 6. The van der Waals surface area contributed by atoms with E-state index in [0.717, 1.165) is 5.56 Å². The number of carbonyl (C=O) groups is 2. The number of ether oxygens (including phenoxy) is 3. The highest BCUT2D eigenvalue weighted by molar-refractivity contribution is 9.10. The summed E-state index contributed by atoms with van der Waals surface area (Å²) in [4.78, 5) is 25.4. The molecule has 172 valence electrons. The molecule has 9 heteroatoms. The van der Waals surface area contributed by atoms with Crippen LogP contribution in [-0.2, 0) is 20.8 Å². The van der Waals surface area contributed by atoms with Crippen LogP contribution in [0.3, 0.4) is 0 Å². The van der Waals surface area contributed by atoms with Crippen LogP contribution in [0.2, 0.25) is 5.02 Å². The van der Waals surface area contributed by atoms with E-state index in [2.05, 4.69) is 21.4 Å². The lowest BCUT2D eigenvalue weighted by atomic mass is 10.1. The molecule has 32 heavy (non-hydrogen) atoms. The van der Waals surface area contributed by atoms with Gasteiger partial charge >= 0.3 is 12.1 Å². The molecule has 7 nitrogen and oxygen atoms in total. The smallest absolute Gasteiger partial charge is 0.429 e. The Balaban J connectivity index is 2.41. The molecule has 0 aliphatic carbocycles. The van der Waals surface area contributed by atoms with Crippen LogP contribution in [0.1, 0.15) is 31.9 Å². The molecular weight excluding hydrogens is 500 g/mol.